The predicted octanol–water partition coefficient (Wildman–Crippen LogP) is 0.305. The van der Waals surface area contributed by atoms with Gasteiger partial charge in [0.05, 0.1) is 20.8 Å². The number of aromatic nitrogens is 3. The molecule has 0 unspecified atom stereocenters. The molecule has 1 amide bonds. The third kappa shape index (κ3) is 3.54. The molecule has 0 bridgehead atoms. The van der Waals surface area contributed by atoms with Gasteiger partial charge in [-0.15, -0.1) is 4.98 Å². The Morgan fingerprint density at radius 3 is 2.33 bits per heavy atom. The first kappa shape index (κ1) is 12.5. The van der Waals surface area contributed by atoms with Crippen LogP contribution in [0.1, 0.15) is 25.1 Å². The maximum atomic E-state index is 11.5. The van der Waals surface area contributed by atoms with Crippen molar-refractivity contribution < 1.29 is 14.3 Å². The predicted molar refractivity (Wildman–Crippen MR) is 62.1 cm³/mol. The van der Waals surface area contributed by atoms with Gasteiger partial charge in [0, 0.05) is 6.42 Å². The van der Waals surface area contributed by atoms with Gasteiger partial charge in [-0.3, -0.25) is 4.79 Å². The van der Waals surface area contributed by atoms with Crippen LogP contribution in [0.2, 0.25) is 0 Å². The van der Waals surface area contributed by atoms with Crippen molar-refractivity contribution in [2.45, 2.75) is 25.8 Å². The van der Waals surface area contributed by atoms with E-state index < -0.39 is 0 Å². The van der Waals surface area contributed by atoms with E-state index in [0.29, 0.717) is 18.2 Å². The number of nitrogens with zero attached hydrogens (tertiary/aromatic N) is 3. The second-order valence-corrected chi connectivity index (χ2v) is 4.15. The molecule has 0 aromatic carbocycles. The highest BCUT2D eigenvalue weighted by Gasteiger charge is 2.24. The van der Waals surface area contributed by atoms with Gasteiger partial charge in [0.15, 0.2) is 5.82 Å². The van der Waals surface area contributed by atoms with E-state index in [1.54, 1.807) is 0 Å². The Labute approximate surface area is 105 Å². The molecule has 1 aliphatic rings. The summed E-state index contributed by atoms with van der Waals surface area (Å²) in [6.45, 7) is 0.251. The Balaban J connectivity index is 1.92. The number of hydrogen-bond acceptors (Lipinski definition) is 6. The molecular formula is C11H16N4O3. The van der Waals surface area contributed by atoms with Crippen molar-refractivity contribution in [3.05, 3.63) is 5.82 Å². The molecule has 0 atom stereocenters. The molecule has 1 N–H and O–H groups in total. The molecule has 1 aromatic rings. The van der Waals surface area contributed by atoms with Crippen LogP contribution >= 0.6 is 0 Å². The molecular weight excluding hydrogens is 236 g/mol. The molecule has 0 aliphatic heterocycles. The molecule has 1 saturated carbocycles. The van der Waals surface area contributed by atoms with Crippen LogP contribution in [0, 0.1) is 5.92 Å². The summed E-state index contributed by atoms with van der Waals surface area (Å²) in [5.41, 5.74) is 0. The minimum absolute atomic E-state index is 0.0239. The van der Waals surface area contributed by atoms with E-state index >= 15 is 0 Å². The third-order valence-corrected chi connectivity index (χ3v) is 2.62. The van der Waals surface area contributed by atoms with E-state index in [2.05, 4.69) is 20.3 Å². The van der Waals surface area contributed by atoms with Gasteiger partial charge in [-0.05, 0) is 18.8 Å². The van der Waals surface area contributed by atoms with Crippen LogP contribution in [0.25, 0.3) is 0 Å². The lowest BCUT2D eigenvalue weighted by Crippen LogP contribution is -2.24. The van der Waals surface area contributed by atoms with Crippen LogP contribution in [0.15, 0.2) is 0 Å². The molecule has 1 aliphatic carbocycles. The number of ether oxygens (including phenoxy) is 2. The Bertz CT molecular complexity index is 412. The van der Waals surface area contributed by atoms with Crippen LogP contribution in [0.5, 0.6) is 12.0 Å². The zero-order chi connectivity index (χ0) is 13.0. The minimum atomic E-state index is 0.0239. The lowest BCUT2D eigenvalue weighted by molar-refractivity contribution is -0.121. The molecule has 98 valence electrons. The summed E-state index contributed by atoms with van der Waals surface area (Å²) in [7, 11) is 2.93. The van der Waals surface area contributed by atoms with Gasteiger partial charge in [-0.1, -0.05) is 0 Å². The van der Waals surface area contributed by atoms with Crippen molar-refractivity contribution >= 4 is 5.91 Å². The Kier molecular flexibility index (Phi) is 3.91. The maximum Gasteiger partial charge on any atom is 0.322 e. The zero-order valence-electron chi connectivity index (χ0n) is 10.5. The second kappa shape index (κ2) is 5.61. The van der Waals surface area contributed by atoms with Gasteiger partial charge in [-0.2, -0.15) is 9.97 Å². The molecule has 7 nitrogen and oxygen atoms in total. The maximum absolute atomic E-state index is 11.5. The van der Waals surface area contributed by atoms with Crippen molar-refractivity contribution in [3.63, 3.8) is 0 Å². The molecule has 7 heteroatoms. The summed E-state index contributed by atoms with van der Waals surface area (Å²) in [5.74, 6) is 1.01. The standard InChI is InChI=1S/C11H16N4O3/c1-17-10-13-8(14-11(15-10)18-2)6-12-9(16)5-7-3-4-7/h7H,3-6H2,1-2H3,(H,12,16). The average molecular weight is 252 g/mol. The Morgan fingerprint density at radius 2 is 1.83 bits per heavy atom. The first-order valence-corrected chi connectivity index (χ1v) is 5.81. The quantitative estimate of drug-likeness (QED) is 0.784. The van der Waals surface area contributed by atoms with E-state index in [1.165, 1.54) is 14.2 Å². The van der Waals surface area contributed by atoms with Gasteiger partial charge in [0.25, 0.3) is 0 Å². The van der Waals surface area contributed by atoms with E-state index in [1.807, 2.05) is 0 Å². The molecule has 1 fully saturated rings. The third-order valence-electron chi connectivity index (χ3n) is 2.62. The molecule has 0 saturated heterocycles. The lowest BCUT2D eigenvalue weighted by Gasteiger charge is -2.06. The number of methoxy groups -OCH3 is 2. The highest BCUT2D eigenvalue weighted by atomic mass is 16.5. The van der Waals surface area contributed by atoms with Crippen LogP contribution in [0.4, 0.5) is 0 Å². The minimum Gasteiger partial charge on any atom is -0.467 e. The smallest absolute Gasteiger partial charge is 0.322 e. The normalized spacial score (nSPS) is 14.1. The largest absolute Gasteiger partial charge is 0.467 e. The average Bonchev–Trinajstić information content (AvgIpc) is 3.19. The first-order valence-electron chi connectivity index (χ1n) is 5.81. The topological polar surface area (TPSA) is 86.2 Å². The van der Waals surface area contributed by atoms with Gasteiger partial charge in [0.2, 0.25) is 5.91 Å². The SMILES string of the molecule is COc1nc(CNC(=O)CC2CC2)nc(OC)n1. The summed E-state index contributed by atoms with van der Waals surface area (Å²) in [4.78, 5) is 23.5. The number of amides is 1. The van der Waals surface area contributed by atoms with Crippen LogP contribution < -0.4 is 14.8 Å². The Hall–Kier alpha value is -1.92. The molecule has 18 heavy (non-hydrogen) atoms. The van der Waals surface area contributed by atoms with Crippen LogP contribution in [-0.2, 0) is 11.3 Å². The van der Waals surface area contributed by atoms with Crippen molar-refractivity contribution in [3.8, 4) is 12.0 Å². The monoisotopic (exact) mass is 252 g/mol. The number of carbonyl (C=O) groups excluding carboxylic acids is 1. The summed E-state index contributed by atoms with van der Waals surface area (Å²) >= 11 is 0. The fourth-order valence-corrected chi connectivity index (χ4v) is 1.47. The zero-order valence-corrected chi connectivity index (χ0v) is 10.5. The number of carbonyl (C=O) groups is 1. The fourth-order valence-electron chi connectivity index (χ4n) is 1.47. The van der Waals surface area contributed by atoms with E-state index in [4.69, 9.17) is 9.47 Å². The Morgan fingerprint density at radius 1 is 1.22 bits per heavy atom. The number of nitrogens with one attached hydrogen (secondary N) is 1. The van der Waals surface area contributed by atoms with Gasteiger partial charge >= 0.3 is 12.0 Å². The van der Waals surface area contributed by atoms with Gasteiger partial charge < -0.3 is 14.8 Å². The first-order chi connectivity index (χ1) is 8.71. The van der Waals surface area contributed by atoms with Crippen molar-refractivity contribution in [2.24, 2.45) is 5.92 Å². The fraction of sp³-hybridized carbons (Fsp3) is 0.636. The molecule has 0 spiro atoms. The highest BCUT2D eigenvalue weighted by Crippen LogP contribution is 2.32. The summed E-state index contributed by atoms with van der Waals surface area (Å²) in [5, 5.41) is 2.77. The molecule has 0 radical (unpaired) electrons. The highest BCUT2D eigenvalue weighted by molar-refractivity contribution is 5.76. The van der Waals surface area contributed by atoms with Crippen molar-refractivity contribution in [1.29, 1.82) is 0 Å². The second-order valence-electron chi connectivity index (χ2n) is 4.15. The van der Waals surface area contributed by atoms with Crippen LogP contribution in [0.3, 0.4) is 0 Å². The summed E-state index contributed by atoms with van der Waals surface area (Å²) in [6.07, 6.45) is 2.89. The molecule has 1 heterocycles. The summed E-state index contributed by atoms with van der Waals surface area (Å²) < 4.78 is 9.85. The lowest BCUT2D eigenvalue weighted by atomic mass is 10.3. The van der Waals surface area contributed by atoms with E-state index in [-0.39, 0.29) is 24.5 Å². The van der Waals surface area contributed by atoms with Crippen molar-refractivity contribution in [2.75, 3.05) is 14.2 Å². The van der Waals surface area contributed by atoms with Crippen molar-refractivity contribution in [1.82, 2.24) is 20.3 Å². The van der Waals surface area contributed by atoms with E-state index in [0.717, 1.165) is 12.8 Å². The van der Waals surface area contributed by atoms with E-state index in [9.17, 15) is 4.79 Å². The van der Waals surface area contributed by atoms with Gasteiger partial charge in [0.1, 0.15) is 0 Å². The summed E-state index contributed by atoms with van der Waals surface area (Å²) in [6, 6.07) is 0.349. The molecule has 1 aromatic heterocycles. The molecule has 2 rings (SSSR count). The number of hydrogen-bond donors (Lipinski definition) is 1. The van der Waals surface area contributed by atoms with Gasteiger partial charge in [-0.25, -0.2) is 0 Å². The number of rotatable bonds is 6. The van der Waals surface area contributed by atoms with Crippen LogP contribution in [-0.4, -0.2) is 35.1 Å².